The quantitative estimate of drug-likeness (QED) is 0.745. The molecule has 4 heteroatoms. The highest BCUT2D eigenvalue weighted by Gasteiger charge is 2.06. The lowest BCUT2D eigenvalue weighted by Crippen LogP contribution is -1.94. The lowest BCUT2D eigenvalue weighted by Gasteiger charge is -2.04. The van der Waals surface area contributed by atoms with E-state index in [0.717, 1.165) is 16.9 Å². The van der Waals surface area contributed by atoms with E-state index in [0.29, 0.717) is 5.69 Å². The van der Waals surface area contributed by atoms with Crippen molar-refractivity contribution in [2.24, 2.45) is 0 Å². The Morgan fingerprint density at radius 2 is 2.00 bits per heavy atom. The van der Waals surface area contributed by atoms with Crippen LogP contribution in [0.1, 0.15) is 11.3 Å². The van der Waals surface area contributed by atoms with Gasteiger partial charge in [0.1, 0.15) is 0 Å². The first-order valence-corrected chi connectivity index (χ1v) is 5.80. The molecule has 0 saturated heterocycles. The van der Waals surface area contributed by atoms with Crippen molar-refractivity contribution in [2.45, 2.75) is 13.5 Å². The molecular weight excluding hydrogens is 226 g/mol. The van der Waals surface area contributed by atoms with Crippen LogP contribution in [0, 0.1) is 6.92 Å². The Morgan fingerprint density at radius 1 is 1.17 bits per heavy atom. The largest absolute Gasteiger partial charge is 0.390 e. The molecule has 0 fully saturated rings. The van der Waals surface area contributed by atoms with E-state index < -0.39 is 0 Å². The first-order valence-electron chi connectivity index (χ1n) is 5.80. The Balaban J connectivity index is 2.16. The summed E-state index contributed by atoms with van der Waals surface area (Å²) in [5.41, 5.74) is 4.58. The van der Waals surface area contributed by atoms with E-state index in [2.05, 4.69) is 23.1 Å². The number of fused-ring (bicyclic) bond motifs is 1. The molecule has 0 spiro atoms. The minimum atomic E-state index is -0.0664. The van der Waals surface area contributed by atoms with Crippen molar-refractivity contribution in [1.82, 2.24) is 14.6 Å². The fourth-order valence-corrected chi connectivity index (χ4v) is 2.01. The van der Waals surface area contributed by atoms with Gasteiger partial charge in [-0.25, -0.2) is 9.50 Å². The first-order chi connectivity index (χ1) is 8.78. The molecule has 0 aliphatic rings. The first kappa shape index (κ1) is 10.9. The van der Waals surface area contributed by atoms with Crippen LogP contribution >= 0.6 is 0 Å². The fourth-order valence-electron chi connectivity index (χ4n) is 2.01. The van der Waals surface area contributed by atoms with E-state index >= 15 is 0 Å². The van der Waals surface area contributed by atoms with Crippen LogP contribution in [0.3, 0.4) is 0 Å². The molecule has 0 unspecified atom stereocenters. The SMILES string of the molecule is Cc1ccccc1-c1ccc2nc(CO)cn2n1. The second kappa shape index (κ2) is 4.23. The van der Waals surface area contributed by atoms with Crippen LogP contribution in [-0.2, 0) is 6.61 Å². The number of hydrogen-bond acceptors (Lipinski definition) is 3. The number of aryl methyl sites for hydroxylation is 1. The number of aliphatic hydroxyl groups is 1. The molecule has 2 heterocycles. The van der Waals surface area contributed by atoms with Gasteiger partial charge in [0, 0.05) is 5.56 Å². The zero-order valence-electron chi connectivity index (χ0n) is 10.0. The van der Waals surface area contributed by atoms with Crippen LogP contribution in [-0.4, -0.2) is 19.7 Å². The molecule has 18 heavy (non-hydrogen) atoms. The van der Waals surface area contributed by atoms with Crippen LogP contribution in [0.2, 0.25) is 0 Å². The third-order valence-electron chi connectivity index (χ3n) is 2.95. The second-order valence-electron chi connectivity index (χ2n) is 4.23. The summed E-state index contributed by atoms with van der Waals surface area (Å²) in [5.74, 6) is 0. The summed E-state index contributed by atoms with van der Waals surface area (Å²) in [6.07, 6.45) is 1.75. The average Bonchev–Trinajstić information content (AvgIpc) is 2.81. The maximum absolute atomic E-state index is 9.07. The zero-order valence-corrected chi connectivity index (χ0v) is 10.0. The van der Waals surface area contributed by atoms with Crippen molar-refractivity contribution in [2.75, 3.05) is 0 Å². The Bertz CT molecular complexity index is 703. The fraction of sp³-hybridized carbons (Fsp3) is 0.143. The molecule has 0 radical (unpaired) electrons. The molecule has 0 amide bonds. The zero-order chi connectivity index (χ0) is 12.5. The van der Waals surface area contributed by atoms with E-state index in [-0.39, 0.29) is 6.61 Å². The third kappa shape index (κ3) is 1.76. The van der Waals surface area contributed by atoms with E-state index in [1.807, 2.05) is 30.3 Å². The van der Waals surface area contributed by atoms with E-state index in [9.17, 15) is 0 Å². The van der Waals surface area contributed by atoms with Gasteiger partial charge in [0.15, 0.2) is 5.65 Å². The van der Waals surface area contributed by atoms with Crippen molar-refractivity contribution < 1.29 is 5.11 Å². The van der Waals surface area contributed by atoms with Gasteiger partial charge in [-0.1, -0.05) is 24.3 Å². The summed E-state index contributed by atoms with van der Waals surface area (Å²) in [6.45, 7) is 2.00. The monoisotopic (exact) mass is 239 g/mol. The highest BCUT2D eigenvalue weighted by molar-refractivity contribution is 5.64. The number of imidazole rings is 1. The van der Waals surface area contributed by atoms with Gasteiger partial charge < -0.3 is 5.11 Å². The van der Waals surface area contributed by atoms with E-state index in [1.54, 1.807) is 10.7 Å². The number of benzene rings is 1. The number of aliphatic hydroxyl groups excluding tert-OH is 1. The number of aromatic nitrogens is 3. The molecule has 0 bridgehead atoms. The third-order valence-corrected chi connectivity index (χ3v) is 2.95. The Labute approximate surface area is 105 Å². The van der Waals surface area contributed by atoms with Crippen molar-refractivity contribution >= 4 is 5.65 Å². The van der Waals surface area contributed by atoms with Crippen LogP contribution in [0.25, 0.3) is 16.9 Å². The summed E-state index contributed by atoms with van der Waals surface area (Å²) >= 11 is 0. The number of nitrogens with zero attached hydrogens (tertiary/aromatic N) is 3. The van der Waals surface area contributed by atoms with Crippen LogP contribution in [0.5, 0.6) is 0 Å². The molecule has 0 atom stereocenters. The summed E-state index contributed by atoms with van der Waals surface area (Å²) in [7, 11) is 0. The summed E-state index contributed by atoms with van der Waals surface area (Å²) in [5, 5.41) is 13.6. The molecule has 0 aliphatic carbocycles. The molecule has 3 rings (SSSR count). The molecule has 2 aromatic heterocycles. The van der Waals surface area contributed by atoms with Crippen molar-refractivity contribution in [3.63, 3.8) is 0 Å². The molecule has 90 valence electrons. The normalized spacial score (nSPS) is 11.0. The Kier molecular flexibility index (Phi) is 2.57. The van der Waals surface area contributed by atoms with E-state index in [4.69, 9.17) is 5.11 Å². The second-order valence-corrected chi connectivity index (χ2v) is 4.23. The topological polar surface area (TPSA) is 50.4 Å². The van der Waals surface area contributed by atoms with Crippen molar-refractivity contribution in [1.29, 1.82) is 0 Å². The van der Waals surface area contributed by atoms with Crippen LogP contribution in [0.4, 0.5) is 0 Å². The number of hydrogen-bond donors (Lipinski definition) is 1. The maximum atomic E-state index is 9.07. The molecule has 0 saturated carbocycles. The highest BCUT2D eigenvalue weighted by Crippen LogP contribution is 2.21. The van der Waals surface area contributed by atoms with Gasteiger partial charge in [-0.05, 0) is 24.6 Å². The van der Waals surface area contributed by atoms with Gasteiger partial charge in [-0.15, -0.1) is 0 Å². The lowest BCUT2D eigenvalue weighted by molar-refractivity contribution is 0.277. The lowest BCUT2D eigenvalue weighted by atomic mass is 10.1. The average molecular weight is 239 g/mol. The molecule has 1 N–H and O–H groups in total. The predicted molar refractivity (Wildman–Crippen MR) is 69.1 cm³/mol. The minimum absolute atomic E-state index is 0.0664. The molecule has 0 aliphatic heterocycles. The van der Waals surface area contributed by atoms with Gasteiger partial charge in [0.25, 0.3) is 0 Å². The van der Waals surface area contributed by atoms with Gasteiger partial charge in [-0.3, -0.25) is 0 Å². The summed E-state index contributed by atoms with van der Waals surface area (Å²) in [4.78, 5) is 4.24. The molecule has 1 aromatic carbocycles. The molecule has 3 aromatic rings. The van der Waals surface area contributed by atoms with Gasteiger partial charge in [0.2, 0.25) is 0 Å². The minimum Gasteiger partial charge on any atom is -0.390 e. The van der Waals surface area contributed by atoms with Gasteiger partial charge in [0.05, 0.1) is 24.2 Å². The molecule has 4 nitrogen and oxygen atoms in total. The van der Waals surface area contributed by atoms with Crippen LogP contribution in [0.15, 0.2) is 42.6 Å². The summed E-state index contributed by atoms with van der Waals surface area (Å²) in [6, 6.07) is 12.0. The van der Waals surface area contributed by atoms with E-state index in [1.165, 1.54) is 5.56 Å². The standard InChI is InChI=1S/C14H13N3O/c1-10-4-2-3-5-12(10)13-6-7-14-15-11(9-18)8-17(14)16-13/h2-8,18H,9H2,1H3. The van der Waals surface area contributed by atoms with Crippen LogP contribution < -0.4 is 0 Å². The van der Waals surface area contributed by atoms with Gasteiger partial charge >= 0.3 is 0 Å². The molecular formula is C14H13N3O. The van der Waals surface area contributed by atoms with Gasteiger partial charge in [-0.2, -0.15) is 5.10 Å². The summed E-state index contributed by atoms with van der Waals surface area (Å²) < 4.78 is 1.70. The maximum Gasteiger partial charge on any atom is 0.153 e. The van der Waals surface area contributed by atoms with Crippen molar-refractivity contribution in [3.05, 3.63) is 53.9 Å². The Hall–Kier alpha value is -2.20. The Morgan fingerprint density at radius 3 is 2.78 bits per heavy atom. The van der Waals surface area contributed by atoms with Crippen molar-refractivity contribution in [3.8, 4) is 11.3 Å². The highest BCUT2D eigenvalue weighted by atomic mass is 16.3. The number of rotatable bonds is 2. The predicted octanol–water partition coefficient (Wildman–Crippen LogP) is 2.20. The smallest absolute Gasteiger partial charge is 0.153 e.